The van der Waals surface area contributed by atoms with Crippen LogP contribution in [0.2, 0.25) is 0 Å². The topological polar surface area (TPSA) is 101 Å². The summed E-state index contributed by atoms with van der Waals surface area (Å²) in [7, 11) is 0. The maximum Gasteiger partial charge on any atom is 0.435 e. The van der Waals surface area contributed by atoms with E-state index in [0.717, 1.165) is 19.9 Å². The molecule has 0 spiro atoms. The highest BCUT2D eigenvalue weighted by Gasteiger charge is 2.73. The summed E-state index contributed by atoms with van der Waals surface area (Å²) in [6, 6.07) is 10.0. The summed E-state index contributed by atoms with van der Waals surface area (Å²) in [6.45, 7) is 2.10. The molecule has 3 aromatic rings. The van der Waals surface area contributed by atoms with Gasteiger partial charge in [0, 0.05) is 35.3 Å². The van der Waals surface area contributed by atoms with Gasteiger partial charge in [-0.2, -0.15) is 26.3 Å². The molecule has 0 saturated heterocycles. The van der Waals surface area contributed by atoms with Gasteiger partial charge in [0.25, 0.3) is 11.8 Å². The van der Waals surface area contributed by atoms with Crippen LogP contribution < -0.4 is 16.4 Å². The number of nitrogens with one attached hydrogen (secondary N) is 2. The Hall–Kier alpha value is -4.49. The molecule has 14 heteroatoms. The fourth-order valence-corrected chi connectivity index (χ4v) is 4.19. The van der Waals surface area contributed by atoms with Crippen LogP contribution >= 0.6 is 0 Å². The molecule has 42 heavy (non-hydrogen) atoms. The van der Waals surface area contributed by atoms with E-state index in [4.69, 9.17) is 5.73 Å². The minimum atomic E-state index is -6.32. The number of hydrogen-bond donors (Lipinski definition) is 3. The zero-order valence-electron chi connectivity index (χ0n) is 21.9. The van der Waals surface area contributed by atoms with Gasteiger partial charge in [-0.25, -0.2) is 8.78 Å². The van der Waals surface area contributed by atoms with Crippen molar-refractivity contribution in [3.05, 3.63) is 88.2 Å². The molecule has 0 aromatic heterocycles. The number of carbonyl (C=O) groups excluding carboxylic acids is 3. The predicted octanol–water partition coefficient (Wildman–Crippen LogP) is 6.26. The predicted molar refractivity (Wildman–Crippen MR) is 137 cm³/mol. The lowest BCUT2D eigenvalue weighted by Gasteiger charge is -2.31. The third-order valence-electron chi connectivity index (χ3n) is 6.29. The number of rotatable bonds is 8. The molecule has 4 N–H and O–H groups in total. The van der Waals surface area contributed by atoms with Crippen LogP contribution in [0.5, 0.6) is 0 Å². The number of halogens is 8. The van der Waals surface area contributed by atoms with E-state index < -0.39 is 52.7 Å². The smallest absolute Gasteiger partial charge is 0.370 e. The lowest BCUT2D eigenvalue weighted by Crippen LogP contribution is -2.50. The molecule has 3 amide bonds. The highest BCUT2D eigenvalue weighted by molar-refractivity contribution is 6.06. The van der Waals surface area contributed by atoms with Gasteiger partial charge in [0.1, 0.15) is 5.82 Å². The van der Waals surface area contributed by atoms with Gasteiger partial charge in [0.2, 0.25) is 5.91 Å². The SMILES string of the molecule is Cc1cc(C(F)(C(F)(F)F)C(F)(F)F)cc(C)c1NC(=O)c1cccc(-c2cccc(C(=O)NCCC(N)=O)c2)c1F. The van der Waals surface area contributed by atoms with E-state index in [1.165, 1.54) is 36.4 Å². The van der Waals surface area contributed by atoms with E-state index in [0.29, 0.717) is 12.1 Å². The second-order valence-corrected chi connectivity index (χ2v) is 9.31. The summed E-state index contributed by atoms with van der Waals surface area (Å²) in [5.41, 5.74) is -3.58. The Morgan fingerprint density at radius 1 is 0.810 bits per heavy atom. The first-order valence-electron chi connectivity index (χ1n) is 12.1. The zero-order chi connectivity index (χ0) is 31.6. The number of hydrogen-bond acceptors (Lipinski definition) is 3. The summed E-state index contributed by atoms with van der Waals surface area (Å²) >= 11 is 0. The number of nitrogens with two attached hydrogens (primary N) is 1. The van der Waals surface area contributed by atoms with Crippen LogP contribution in [0.15, 0.2) is 54.6 Å². The number of amides is 3. The molecule has 0 bridgehead atoms. The Bertz CT molecular complexity index is 1500. The van der Waals surface area contributed by atoms with Crippen molar-refractivity contribution < 1.29 is 49.5 Å². The monoisotopic (exact) mass is 601 g/mol. The average molecular weight is 601 g/mol. The van der Waals surface area contributed by atoms with Crippen LogP contribution in [-0.2, 0) is 10.5 Å². The lowest BCUT2D eigenvalue weighted by atomic mass is 9.90. The van der Waals surface area contributed by atoms with Crippen molar-refractivity contribution in [3.63, 3.8) is 0 Å². The Labute approximate surface area is 233 Å². The van der Waals surface area contributed by atoms with Crippen LogP contribution in [0.1, 0.15) is 43.8 Å². The molecule has 6 nitrogen and oxygen atoms in total. The number of benzene rings is 3. The number of anilines is 1. The molecule has 0 aliphatic carbocycles. The van der Waals surface area contributed by atoms with E-state index >= 15 is 4.39 Å². The van der Waals surface area contributed by atoms with Crippen LogP contribution in [-0.4, -0.2) is 36.6 Å². The van der Waals surface area contributed by atoms with Gasteiger partial charge < -0.3 is 16.4 Å². The largest absolute Gasteiger partial charge is 0.435 e. The molecule has 0 aliphatic rings. The first kappa shape index (κ1) is 32.0. The highest BCUT2D eigenvalue weighted by atomic mass is 19.4. The maximum absolute atomic E-state index is 15.5. The summed E-state index contributed by atoms with van der Waals surface area (Å²) in [5.74, 6) is -3.33. The van der Waals surface area contributed by atoms with Crippen molar-refractivity contribution in [3.8, 4) is 11.1 Å². The van der Waals surface area contributed by atoms with Crippen molar-refractivity contribution in [1.82, 2.24) is 5.32 Å². The van der Waals surface area contributed by atoms with Gasteiger partial charge in [-0.05, 0) is 48.7 Å². The Balaban J connectivity index is 1.93. The van der Waals surface area contributed by atoms with E-state index in [1.54, 1.807) is 0 Å². The molecule has 0 unspecified atom stereocenters. The molecule has 0 radical (unpaired) electrons. The lowest BCUT2D eigenvalue weighted by molar-refractivity contribution is -0.348. The minimum absolute atomic E-state index is 0.0268. The van der Waals surface area contributed by atoms with Crippen LogP contribution in [0.3, 0.4) is 0 Å². The maximum atomic E-state index is 15.5. The number of aryl methyl sites for hydroxylation is 2. The van der Waals surface area contributed by atoms with Gasteiger partial charge in [0.05, 0.1) is 5.56 Å². The highest BCUT2D eigenvalue weighted by Crippen LogP contribution is 2.53. The Morgan fingerprint density at radius 3 is 1.93 bits per heavy atom. The van der Waals surface area contributed by atoms with Crippen molar-refractivity contribution in [2.45, 2.75) is 38.3 Å². The molecule has 0 aliphatic heterocycles. The van der Waals surface area contributed by atoms with Gasteiger partial charge in [-0.15, -0.1) is 0 Å². The number of carbonyl (C=O) groups is 3. The summed E-state index contributed by atoms with van der Waals surface area (Å²) < 4.78 is 109. The first-order valence-corrected chi connectivity index (χ1v) is 12.1. The second-order valence-electron chi connectivity index (χ2n) is 9.31. The van der Waals surface area contributed by atoms with Crippen molar-refractivity contribution >= 4 is 23.4 Å². The van der Waals surface area contributed by atoms with Crippen molar-refractivity contribution in [2.75, 3.05) is 11.9 Å². The third kappa shape index (κ3) is 6.37. The molecular formula is C28H23F8N3O3. The van der Waals surface area contributed by atoms with Gasteiger partial charge in [-0.3, -0.25) is 14.4 Å². The van der Waals surface area contributed by atoms with E-state index in [1.807, 2.05) is 0 Å². The van der Waals surface area contributed by atoms with Gasteiger partial charge in [-0.1, -0.05) is 36.4 Å². The molecule has 3 rings (SSSR count). The molecular weight excluding hydrogens is 578 g/mol. The number of primary amides is 1. The molecule has 0 atom stereocenters. The molecule has 0 heterocycles. The van der Waals surface area contributed by atoms with Gasteiger partial charge >= 0.3 is 18.0 Å². The first-order chi connectivity index (χ1) is 19.4. The van der Waals surface area contributed by atoms with Crippen molar-refractivity contribution in [1.29, 1.82) is 0 Å². The quantitative estimate of drug-likeness (QED) is 0.266. The van der Waals surface area contributed by atoms with Crippen LogP contribution in [0.25, 0.3) is 11.1 Å². The van der Waals surface area contributed by atoms with E-state index in [2.05, 4.69) is 10.6 Å². The fourth-order valence-electron chi connectivity index (χ4n) is 4.19. The number of alkyl halides is 7. The summed E-state index contributed by atoms with van der Waals surface area (Å²) in [4.78, 5) is 36.2. The summed E-state index contributed by atoms with van der Waals surface area (Å²) in [5, 5.41) is 4.74. The van der Waals surface area contributed by atoms with Gasteiger partial charge in [0.15, 0.2) is 0 Å². The Morgan fingerprint density at radius 2 is 1.38 bits per heavy atom. The Kier molecular flexibility index (Phi) is 8.99. The molecule has 224 valence electrons. The third-order valence-corrected chi connectivity index (χ3v) is 6.29. The van der Waals surface area contributed by atoms with E-state index in [9.17, 15) is 45.1 Å². The standard InChI is InChI=1S/C28H23F8N3O3/c1-14-11-18(26(30,27(31,32)33)28(34,35)36)12-15(2)23(14)39-25(42)20-8-4-7-19(22(20)29)16-5-3-6-17(13-16)24(41)38-10-9-21(37)40/h3-8,11-13H,9-10H2,1-2H3,(H2,37,40)(H,38,41)(H,39,42). The molecule has 0 saturated carbocycles. The van der Waals surface area contributed by atoms with Crippen molar-refractivity contribution in [2.24, 2.45) is 5.73 Å². The van der Waals surface area contributed by atoms with Crippen LogP contribution in [0, 0.1) is 19.7 Å². The second kappa shape index (κ2) is 11.8. The molecule has 0 fully saturated rings. The fraction of sp³-hybridized carbons (Fsp3) is 0.250. The summed E-state index contributed by atoms with van der Waals surface area (Å²) in [6.07, 6.45) is -12.7. The average Bonchev–Trinajstić information content (AvgIpc) is 2.88. The minimum Gasteiger partial charge on any atom is -0.370 e. The van der Waals surface area contributed by atoms with Crippen LogP contribution in [0.4, 0.5) is 40.8 Å². The van der Waals surface area contributed by atoms with E-state index in [-0.39, 0.29) is 46.5 Å². The normalized spacial score (nSPS) is 12.1. The molecule has 3 aromatic carbocycles. The zero-order valence-corrected chi connectivity index (χ0v) is 21.9.